The highest BCUT2D eigenvalue weighted by Crippen LogP contribution is 2.55. The molecule has 0 aromatic rings. The predicted molar refractivity (Wildman–Crippen MR) is 109 cm³/mol. The highest BCUT2D eigenvalue weighted by Gasteiger charge is 2.62. The van der Waals surface area contributed by atoms with E-state index in [2.05, 4.69) is 12.2 Å². The average molecular weight is 409 g/mol. The number of rotatable bonds is 8. The molecule has 8 nitrogen and oxygen atoms in total. The normalized spacial score (nSPS) is 27.9. The number of carbonyl (C=O) groups excluding carboxylic acids is 4. The van der Waals surface area contributed by atoms with Crippen molar-refractivity contribution < 1.29 is 19.2 Å². The third kappa shape index (κ3) is 5.15. The quantitative estimate of drug-likeness (QED) is 0.500. The summed E-state index contributed by atoms with van der Waals surface area (Å²) in [6.45, 7) is 12.3. The Labute approximate surface area is 173 Å². The van der Waals surface area contributed by atoms with Crippen molar-refractivity contribution >= 4 is 23.5 Å². The van der Waals surface area contributed by atoms with Crippen LogP contribution in [0.4, 0.5) is 0 Å². The molecule has 2 aliphatic rings. The van der Waals surface area contributed by atoms with Gasteiger partial charge in [0.15, 0.2) is 0 Å². The van der Waals surface area contributed by atoms with Crippen molar-refractivity contribution in [2.45, 2.75) is 72.5 Å². The minimum atomic E-state index is -1.00. The van der Waals surface area contributed by atoms with Gasteiger partial charge in [0.2, 0.25) is 17.6 Å². The van der Waals surface area contributed by atoms with Gasteiger partial charge in [-0.15, -0.1) is 0 Å². The number of nitrogens with zero attached hydrogens (tertiary/aromatic N) is 1. The van der Waals surface area contributed by atoms with Crippen molar-refractivity contribution in [1.82, 2.24) is 10.2 Å². The van der Waals surface area contributed by atoms with E-state index in [0.29, 0.717) is 24.8 Å². The third-order valence-corrected chi connectivity index (χ3v) is 6.30. The topological polar surface area (TPSA) is 136 Å². The maximum atomic E-state index is 13.2. The van der Waals surface area contributed by atoms with E-state index in [0.717, 1.165) is 0 Å². The zero-order valence-electron chi connectivity index (χ0n) is 18.4. The van der Waals surface area contributed by atoms with E-state index in [4.69, 9.17) is 11.5 Å². The standard InChI is InChI=1S/C21H36N4O4/c1-10(2)7-12(8-14(26)18(23)27)24-19(28)16-15-11(3)13(15)9-25(16)20(29)17(22)21(4,5)6/h10-13,15-17H,7-9,22H2,1-6H3,(H2,23,27)(H,24,28)/t11?,12?,13-,15+,16?,17?/m1/s1. The second kappa shape index (κ2) is 8.42. The molecule has 6 atom stereocenters. The molecule has 164 valence electrons. The van der Waals surface area contributed by atoms with E-state index in [9.17, 15) is 19.2 Å². The van der Waals surface area contributed by atoms with Crippen molar-refractivity contribution in [1.29, 1.82) is 0 Å². The average Bonchev–Trinajstić information content (AvgIpc) is 3.03. The molecule has 0 aromatic heterocycles. The molecule has 2 fully saturated rings. The minimum absolute atomic E-state index is 0.109. The molecule has 0 bridgehead atoms. The Morgan fingerprint density at radius 3 is 2.24 bits per heavy atom. The van der Waals surface area contributed by atoms with Crippen LogP contribution in [0.1, 0.15) is 54.4 Å². The van der Waals surface area contributed by atoms with Gasteiger partial charge >= 0.3 is 0 Å². The number of piperidine rings is 1. The highest BCUT2D eigenvalue weighted by molar-refractivity contribution is 6.35. The smallest absolute Gasteiger partial charge is 0.284 e. The monoisotopic (exact) mass is 408 g/mol. The second-order valence-corrected chi connectivity index (χ2v) is 10.2. The molecule has 1 heterocycles. The number of amides is 3. The first-order valence-corrected chi connectivity index (χ1v) is 10.4. The van der Waals surface area contributed by atoms with E-state index in [1.807, 2.05) is 34.6 Å². The van der Waals surface area contributed by atoms with E-state index >= 15 is 0 Å². The summed E-state index contributed by atoms with van der Waals surface area (Å²) < 4.78 is 0. The van der Waals surface area contributed by atoms with Gasteiger partial charge in [-0.2, -0.15) is 0 Å². The maximum absolute atomic E-state index is 13.2. The molecule has 0 spiro atoms. The van der Waals surface area contributed by atoms with Crippen molar-refractivity contribution in [3.05, 3.63) is 0 Å². The van der Waals surface area contributed by atoms with Crippen LogP contribution in [0.15, 0.2) is 0 Å². The molecule has 5 N–H and O–H groups in total. The first-order chi connectivity index (χ1) is 13.3. The first-order valence-electron chi connectivity index (χ1n) is 10.4. The molecule has 1 aliphatic carbocycles. The molecular formula is C21H36N4O4. The van der Waals surface area contributed by atoms with E-state index in [1.165, 1.54) is 0 Å². The zero-order chi connectivity index (χ0) is 22.3. The van der Waals surface area contributed by atoms with Gasteiger partial charge in [-0.3, -0.25) is 19.2 Å². The number of likely N-dealkylation sites (tertiary alicyclic amines) is 1. The van der Waals surface area contributed by atoms with Gasteiger partial charge in [0, 0.05) is 19.0 Å². The lowest BCUT2D eigenvalue weighted by Crippen LogP contribution is -2.57. The fraction of sp³-hybridized carbons (Fsp3) is 0.810. The molecule has 0 radical (unpaired) electrons. The van der Waals surface area contributed by atoms with Crippen LogP contribution in [0.3, 0.4) is 0 Å². The largest absolute Gasteiger partial charge is 0.363 e. The van der Waals surface area contributed by atoms with E-state index < -0.39 is 35.2 Å². The lowest BCUT2D eigenvalue weighted by atomic mass is 9.86. The summed E-state index contributed by atoms with van der Waals surface area (Å²) >= 11 is 0. The molecule has 1 saturated carbocycles. The lowest BCUT2D eigenvalue weighted by Gasteiger charge is -2.35. The molecule has 0 aromatic carbocycles. The van der Waals surface area contributed by atoms with Crippen LogP contribution in [0.25, 0.3) is 0 Å². The van der Waals surface area contributed by atoms with Crippen LogP contribution < -0.4 is 16.8 Å². The number of hydrogen-bond donors (Lipinski definition) is 3. The van der Waals surface area contributed by atoms with Gasteiger partial charge in [-0.25, -0.2) is 0 Å². The van der Waals surface area contributed by atoms with Crippen molar-refractivity contribution in [3.63, 3.8) is 0 Å². The molecule has 2 rings (SSSR count). The summed E-state index contributed by atoms with van der Waals surface area (Å²) in [5, 5.41) is 2.91. The Balaban J connectivity index is 2.16. The number of carbonyl (C=O) groups is 4. The summed E-state index contributed by atoms with van der Waals surface area (Å²) in [6.07, 6.45) is 0.404. The van der Waals surface area contributed by atoms with E-state index in [1.54, 1.807) is 4.90 Å². The van der Waals surface area contributed by atoms with E-state index in [-0.39, 0.29) is 30.1 Å². The molecule has 29 heavy (non-hydrogen) atoms. The number of Topliss-reactive ketones (excluding diaryl/α,β-unsaturated/α-hetero) is 1. The summed E-state index contributed by atoms with van der Waals surface area (Å²) in [5.74, 6) is -1.21. The summed E-state index contributed by atoms with van der Waals surface area (Å²) in [4.78, 5) is 50.8. The van der Waals surface area contributed by atoms with Crippen LogP contribution in [-0.2, 0) is 19.2 Å². The highest BCUT2D eigenvalue weighted by atomic mass is 16.2. The van der Waals surface area contributed by atoms with Gasteiger partial charge in [0.25, 0.3) is 5.91 Å². The Morgan fingerprint density at radius 1 is 1.17 bits per heavy atom. The third-order valence-electron chi connectivity index (χ3n) is 6.30. The second-order valence-electron chi connectivity index (χ2n) is 10.2. The number of fused-ring (bicyclic) bond motifs is 1. The van der Waals surface area contributed by atoms with Crippen LogP contribution in [0.5, 0.6) is 0 Å². The molecule has 1 aliphatic heterocycles. The van der Waals surface area contributed by atoms with Crippen molar-refractivity contribution in [2.75, 3.05) is 6.54 Å². The number of ketones is 1. The zero-order valence-corrected chi connectivity index (χ0v) is 18.4. The number of hydrogen-bond acceptors (Lipinski definition) is 5. The summed E-state index contributed by atoms with van der Waals surface area (Å²) in [7, 11) is 0. The molecule has 4 unspecified atom stereocenters. The molecule has 3 amide bonds. The maximum Gasteiger partial charge on any atom is 0.284 e. The van der Waals surface area contributed by atoms with Gasteiger partial charge < -0.3 is 21.7 Å². The van der Waals surface area contributed by atoms with Crippen LogP contribution >= 0.6 is 0 Å². The molecule has 8 heteroatoms. The van der Waals surface area contributed by atoms with Crippen molar-refractivity contribution in [3.8, 4) is 0 Å². The summed E-state index contributed by atoms with van der Waals surface area (Å²) in [6, 6.07) is -1.79. The van der Waals surface area contributed by atoms with Crippen molar-refractivity contribution in [2.24, 2.45) is 40.6 Å². The van der Waals surface area contributed by atoms with Gasteiger partial charge in [0.1, 0.15) is 6.04 Å². The number of primary amides is 1. The summed E-state index contributed by atoms with van der Waals surface area (Å²) in [5.41, 5.74) is 10.8. The van der Waals surface area contributed by atoms with Crippen LogP contribution in [0.2, 0.25) is 0 Å². The van der Waals surface area contributed by atoms with Gasteiger partial charge in [-0.1, -0.05) is 41.5 Å². The first kappa shape index (κ1) is 23.3. The predicted octanol–water partition coefficient (Wildman–Crippen LogP) is 0.428. The SMILES string of the molecule is CC(C)CC(CC(=O)C(N)=O)NC(=O)C1[C@H]2C(C)[C@H]2CN1C(=O)C(N)C(C)(C)C. The Kier molecular flexibility index (Phi) is 6.77. The van der Waals surface area contributed by atoms with Crippen LogP contribution in [-0.4, -0.2) is 53.1 Å². The molecular weight excluding hydrogens is 372 g/mol. The minimum Gasteiger partial charge on any atom is -0.363 e. The Hall–Kier alpha value is -1.96. The van der Waals surface area contributed by atoms with Gasteiger partial charge in [-0.05, 0) is 35.5 Å². The lowest BCUT2D eigenvalue weighted by molar-refractivity contribution is -0.143. The fourth-order valence-corrected chi connectivity index (χ4v) is 4.40. The molecule has 1 saturated heterocycles. The van der Waals surface area contributed by atoms with Crippen LogP contribution in [0, 0.1) is 29.1 Å². The Bertz CT molecular complexity index is 685. The Morgan fingerprint density at radius 2 is 1.76 bits per heavy atom. The number of nitrogens with two attached hydrogens (primary N) is 2. The van der Waals surface area contributed by atoms with Gasteiger partial charge in [0.05, 0.1) is 6.04 Å². The fourth-order valence-electron chi connectivity index (χ4n) is 4.40. The number of nitrogens with one attached hydrogen (secondary N) is 1.